The molecule has 0 aromatic heterocycles. The Morgan fingerprint density at radius 3 is 2.46 bits per heavy atom. The van der Waals surface area contributed by atoms with Crippen molar-refractivity contribution in [2.24, 2.45) is 0 Å². The summed E-state index contributed by atoms with van der Waals surface area (Å²) in [5, 5.41) is 0. The molecule has 1 rings (SSSR count). The molecule has 72 valence electrons. The Labute approximate surface area is 82.1 Å². The maximum absolute atomic E-state index is 13.1. The summed E-state index contributed by atoms with van der Waals surface area (Å²) < 4.78 is 23.1. The highest BCUT2D eigenvalue weighted by molar-refractivity contribution is 7.79. The zero-order chi connectivity index (χ0) is 9.84. The van der Waals surface area contributed by atoms with Crippen molar-refractivity contribution in [2.45, 2.75) is 5.75 Å². The van der Waals surface area contributed by atoms with E-state index in [-0.39, 0.29) is 5.75 Å². The van der Waals surface area contributed by atoms with Crippen molar-refractivity contribution in [1.82, 2.24) is 0 Å². The Kier molecular flexibility index (Phi) is 3.42. The Hall–Kier alpha value is -0.900. The monoisotopic (exact) mass is 202 g/mol. The number of benzene rings is 1. The number of hydrogen-bond donors (Lipinski definition) is 1. The lowest BCUT2D eigenvalue weighted by Crippen LogP contribution is -1.97. The summed E-state index contributed by atoms with van der Waals surface area (Å²) >= 11 is 4.08. The third-order valence-electron chi connectivity index (χ3n) is 1.75. The summed E-state index contributed by atoms with van der Waals surface area (Å²) in [6.07, 6.45) is 0. The SMILES string of the molecule is COc1ccc(F)c(OC)c1CS. The maximum atomic E-state index is 13.1. The fourth-order valence-corrected chi connectivity index (χ4v) is 1.44. The van der Waals surface area contributed by atoms with Gasteiger partial charge in [0.2, 0.25) is 0 Å². The van der Waals surface area contributed by atoms with Crippen molar-refractivity contribution in [3.63, 3.8) is 0 Å². The molecule has 4 heteroatoms. The van der Waals surface area contributed by atoms with Gasteiger partial charge in [-0.1, -0.05) is 0 Å². The molecule has 2 nitrogen and oxygen atoms in total. The number of hydrogen-bond acceptors (Lipinski definition) is 3. The summed E-state index contributed by atoms with van der Waals surface area (Å²) in [4.78, 5) is 0. The quantitative estimate of drug-likeness (QED) is 0.758. The number of thiol groups is 1. The van der Waals surface area contributed by atoms with Crippen LogP contribution in [0.4, 0.5) is 4.39 Å². The van der Waals surface area contributed by atoms with Gasteiger partial charge in [0, 0.05) is 11.3 Å². The van der Waals surface area contributed by atoms with E-state index >= 15 is 0 Å². The molecule has 0 saturated heterocycles. The van der Waals surface area contributed by atoms with E-state index in [4.69, 9.17) is 9.47 Å². The summed E-state index contributed by atoms with van der Waals surface area (Å²) in [6.45, 7) is 0. The second-order valence-electron chi connectivity index (χ2n) is 2.42. The van der Waals surface area contributed by atoms with Gasteiger partial charge < -0.3 is 9.47 Å². The summed E-state index contributed by atoms with van der Waals surface area (Å²) in [5.74, 6) is 0.777. The van der Waals surface area contributed by atoms with Crippen molar-refractivity contribution in [3.8, 4) is 11.5 Å². The molecule has 0 atom stereocenters. The summed E-state index contributed by atoms with van der Waals surface area (Å²) in [5.41, 5.74) is 0.633. The van der Waals surface area contributed by atoms with E-state index in [1.54, 1.807) is 6.07 Å². The van der Waals surface area contributed by atoms with Gasteiger partial charge in [0.25, 0.3) is 0 Å². The Bertz CT molecular complexity index is 302. The van der Waals surface area contributed by atoms with Gasteiger partial charge in [-0.2, -0.15) is 12.6 Å². The lowest BCUT2D eigenvalue weighted by Gasteiger charge is -2.11. The maximum Gasteiger partial charge on any atom is 0.165 e. The van der Waals surface area contributed by atoms with Gasteiger partial charge in [-0.3, -0.25) is 0 Å². The highest BCUT2D eigenvalue weighted by atomic mass is 32.1. The molecular formula is C9H11FO2S. The van der Waals surface area contributed by atoms with Crippen LogP contribution in [0.15, 0.2) is 12.1 Å². The first-order chi connectivity index (χ1) is 6.24. The minimum Gasteiger partial charge on any atom is -0.496 e. The molecule has 0 fully saturated rings. The molecule has 13 heavy (non-hydrogen) atoms. The number of ether oxygens (including phenoxy) is 2. The Balaban J connectivity index is 3.27. The fraction of sp³-hybridized carbons (Fsp3) is 0.333. The van der Waals surface area contributed by atoms with E-state index in [0.717, 1.165) is 0 Å². The second-order valence-corrected chi connectivity index (χ2v) is 2.74. The lowest BCUT2D eigenvalue weighted by atomic mass is 10.2. The smallest absolute Gasteiger partial charge is 0.165 e. The van der Waals surface area contributed by atoms with Crippen molar-refractivity contribution < 1.29 is 13.9 Å². The van der Waals surface area contributed by atoms with Crippen LogP contribution in [-0.2, 0) is 5.75 Å². The van der Waals surface area contributed by atoms with Crippen LogP contribution in [0.1, 0.15) is 5.56 Å². The van der Waals surface area contributed by atoms with Crippen molar-refractivity contribution >= 4 is 12.6 Å². The summed E-state index contributed by atoms with van der Waals surface area (Å²) in [7, 11) is 2.95. The Morgan fingerprint density at radius 1 is 1.31 bits per heavy atom. The third-order valence-corrected chi connectivity index (χ3v) is 2.07. The normalized spacial score (nSPS) is 9.85. The van der Waals surface area contributed by atoms with E-state index in [0.29, 0.717) is 17.1 Å². The zero-order valence-corrected chi connectivity index (χ0v) is 8.40. The molecular weight excluding hydrogens is 191 g/mol. The molecule has 0 radical (unpaired) electrons. The van der Waals surface area contributed by atoms with Crippen LogP contribution in [-0.4, -0.2) is 14.2 Å². The highest BCUT2D eigenvalue weighted by Gasteiger charge is 2.12. The van der Waals surface area contributed by atoms with E-state index in [9.17, 15) is 4.39 Å². The minimum atomic E-state index is -0.396. The number of halogens is 1. The van der Waals surface area contributed by atoms with Gasteiger partial charge in [-0.05, 0) is 12.1 Å². The van der Waals surface area contributed by atoms with E-state index in [2.05, 4.69) is 12.6 Å². The van der Waals surface area contributed by atoms with Gasteiger partial charge in [0.15, 0.2) is 11.6 Å². The molecule has 0 heterocycles. The molecule has 0 spiro atoms. The molecule has 0 N–H and O–H groups in total. The number of rotatable bonds is 3. The zero-order valence-electron chi connectivity index (χ0n) is 7.50. The van der Waals surface area contributed by atoms with E-state index in [1.165, 1.54) is 20.3 Å². The minimum absolute atomic E-state index is 0.203. The molecule has 1 aromatic carbocycles. The van der Waals surface area contributed by atoms with Crippen LogP contribution in [0.3, 0.4) is 0 Å². The first kappa shape index (κ1) is 10.2. The fourth-order valence-electron chi connectivity index (χ4n) is 1.14. The molecule has 0 aliphatic heterocycles. The van der Waals surface area contributed by atoms with Gasteiger partial charge in [-0.15, -0.1) is 0 Å². The van der Waals surface area contributed by atoms with Gasteiger partial charge in [0.1, 0.15) is 5.75 Å². The lowest BCUT2D eigenvalue weighted by molar-refractivity contribution is 0.368. The molecule has 1 aromatic rings. The largest absolute Gasteiger partial charge is 0.496 e. The van der Waals surface area contributed by atoms with Crippen LogP contribution < -0.4 is 9.47 Å². The van der Waals surface area contributed by atoms with Gasteiger partial charge >= 0.3 is 0 Å². The first-order valence-electron chi connectivity index (χ1n) is 3.74. The molecule has 0 saturated carbocycles. The second kappa shape index (κ2) is 4.37. The van der Waals surface area contributed by atoms with E-state index < -0.39 is 5.82 Å². The molecule has 0 aliphatic rings. The molecule has 0 unspecified atom stereocenters. The molecule has 0 aliphatic carbocycles. The molecule has 0 bridgehead atoms. The summed E-state index contributed by atoms with van der Waals surface area (Å²) in [6, 6.07) is 2.87. The van der Waals surface area contributed by atoms with Crippen molar-refractivity contribution in [3.05, 3.63) is 23.5 Å². The van der Waals surface area contributed by atoms with Crippen LogP contribution in [0, 0.1) is 5.82 Å². The molecule has 0 amide bonds. The van der Waals surface area contributed by atoms with Gasteiger partial charge in [0.05, 0.1) is 14.2 Å². The number of methoxy groups -OCH3 is 2. The van der Waals surface area contributed by atoms with Crippen LogP contribution >= 0.6 is 12.6 Å². The van der Waals surface area contributed by atoms with Gasteiger partial charge in [-0.25, -0.2) is 4.39 Å². The standard InChI is InChI=1S/C9H11FO2S/c1-11-8-4-3-7(10)9(12-2)6(8)5-13/h3-4,13H,5H2,1-2H3. The average molecular weight is 202 g/mol. The Morgan fingerprint density at radius 2 is 2.00 bits per heavy atom. The predicted molar refractivity (Wildman–Crippen MR) is 52.2 cm³/mol. The predicted octanol–water partition coefficient (Wildman–Crippen LogP) is 2.27. The first-order valence-corrected chi connectivity index (χ1v) is 4.38. The van der Waals surface area contributed by atoms with E-state index in [1.807, 2.05) is 0 Å². The van der Waals surface area contributed by atoms with Crippen LogP contribution in [0.25, 0.3) is 0 Å². The average Bonchev–Trinajstić information content (AvgIpc) is 2.17. The van der Waals surface area contributed by atoms with Crippen LogP contribution in [0.2, 0.25) is 0 Å². The topological polar surface area (TPSA) is 18.5 Å². The highest BCUT2D eigenvalue weighted by Crippen LogP contribution is 2.32. The van der Waals surface area contributed by atoms with Crippen LogP contribution in [0.5, 0.6) is 11.5 Å². The van der Waals surface area contributed by atoms with Crippen molar-refractivity contribution in [2.75, 3.05) is 14.2 Å². The third kappa shape index (κ3) is 1.88. The van der Waals surface area contributed by atoms with Crippen molar-refractivity contribution in [1.29, 1.82) is 0 Å².